The Kier molecular flexibility index (Phi) is 9.87. The fourth-order valence-corrected chi connectivity index (χ4v) is 6.38. The Morgan fingerprint density at radius 3 is 2.36 bits per heavy atom. The second-order valence-electron chi connectivity index (χ2n) is 11.7. The number of rotatable bonds is 7. The highest BCUT2D eigenvalue weighted by Gasteiger charge is 2.26. The van der Waals surface area contributed by atoms with Crippen LogP contribution in [-0.2, 0) is 13.0 Å². The monoisotopic (exact) mass is 556 g/mol. The molecule has 2 aromatic carbocycles. The average molecular weight is 557 g/mol. The van der Waals surface area contributed by atoms with Gasteiger partial charge in [-0.25, -0.2) is 15.0 Å². The zero-order valence-corrected chi connectivity index (χ0v) is 24.0. The summed E-state index contributed by atoms with van der Waals surface area (Å²) >= 11 is 1.73. The van der Waals surface area contributed by atoms with Gasteiger partial charge in [0, 0.05) is 74.6 Å². The molecule has 0 spiro atoms. The van der Waals surface area contributed by atoms with Crippen LogP contribution in [-0.4, -0.2) is 83.5 Å². The molecule has 4 rings (SSSR count). The van der Waals surface area contributed by atoms with Crippen LogP contribution in [0.15, 0.2) is 42.5 Å². The highest BCUT2D eigenvalue weighted by Crippen LogP contribution is 2.25. The first kappa shape index (κ1) is 29.3. The summed E-state index contributed by atoms with van der Waals surface area (Å²) in [5, 5.41) is 3.09. The fourth-order valence-electron chi connectivity index (χ4n) is 5.14. The highest BCUT2D eigenvalue weighted by atomic mass is 32.2. The SMILES string of the molecule is CC(C)(C)CN1CCN(Cc2ccc(NC(=O)N3CCSC(Cc4ccc(C(=O)NN)cc4F)C3)cc2)CC1. The molecule has 2 fully saturated rings. The Morgan fingerprint density at radius 1 is 1.03 bits per heavy atom. The summed E-state index contributed by atoms with van der Waals surface area (Å²) in [5.41, 5.74) is 5.05. The number of nitrogens with zero attached hydrogens (tertiary/aromatic N) is 3. The van der Waals surface area contributed by atoms with Gasteiger partial charge >= 0.3 is 6.03 Å². The third kappa shape index (κ3) is 8.66. The number of nitrogens with two attached hydrogens (primary N) is 1. The van der Waals surface area contributed by atoms with E-state index in [0.29, 0.717) is 30.5 Å². The number of nitrogens with one attached hydrogen (secondary N) is 2. The topological polar surface area (TPSA) is 93.9 Å². The molecule has 1 unspecified atom stereocenters. The molecule has 2 aliphatic rings. The van der Waals surface area contributed by atoms with Crippen molar-refractivity contribution in [1.29, 1.82) is 0 Å². The summed E-state index contributed by atoms with van der Waals surface area (Å²) in [5.74, 6) is 4.95. The molecule has 0 bridgehead atoms. The third-order valence-corrected chi connectivity index (χ3v) is 8.30. The van der Waals surface area contributed by atoms with Crippen molar-refractivity contribution in [3.05, 3.63) is 65.0 Å². The van der Waals surface area contributed by atoms with Gasteiger partial charge in [0.25, 0.3) is 5.91 Å². The number of urea groups is 1. The van der Waals surface area contributed by atoms with Gasteiger partial charge in [-0.1, -0.05) is 39.0 Å². The van der Waals surface area contributed by atoms with E-state index in [0.717, 1.165) is 50.7 Å². The van der Waals surface area contributed by atoms with E-state index in [9.17, 15) is 14.0 Å². The molecule has 0 aliphatic carbocycles. The molecular formula is C29H41FN6O2S. The molecule has 0 radical (unpaired) electrons. The maximum Gasteiger partial charge on any atom is 0.321 e. The molecule has 3 amide bonds. The molecule has 1 atom stereocenters. The smallest absolute Gasteiger partial charge is 0.321 e. The fraction of sp³-hybridized carbons (Fsp3) is 0.517. The molecule has 39 heavy (non-hydrogen) atoms. The number of carbonyl (C=O) groups excluding carboxylic acids is 2. The Labute approximate surface area is 235 Å². The van der Waals surface area contributed by atoms with Crippen molar-refractivity contribution < 1.29 is 14.0 Å². The predicted octanol–water partition coefficient (Wildman–Crippen LogP) is 3.78. The second-order valence-corrected chi connectivity index (χ2v) is 13.1. The number of halogens is 1. The minimum Gasteiger partial charge on any atom is -0.323 e. The average Bonchev–Trinajstić information content (AvgIpc) is 2.91. The first-order valence-corrected chi connectivity index (χ1v) is 14.6. The van der Waals surface area contributed by atoms with Gasteiger partial charge in [0.15, 0.2) is 0 Å². The number of amides is 3. The molecule has 2 saturated heterocycles. The zero-order chi connectivity index (χ0) is 28.0. The molecule has 0 aromatic heterocycles. The van der Waals surface area contributed by atoms with Crippen LogP contribution >= 0.6 is 11.8 Å². The van der Waals surface area contributed by atoms with Gasteiger partial charge in [-0.3, -0.25) is 15.1 Å². The standard InChI is InChI=1S/C29H41FN6O2S/c1-29(2,3)20-35-12-10-34(11-13-35)18-21-4-8-24(9-5-21)32-28(38)36-14-15-39-25(19-36)16-22-6-7-23(17-26(22)30)27(37)33-31/h4-9,17,25H,10-16,18-20,31H2,1-3H3,(H,32,38)(H,33,37). The summed E-state index contributed by atoms with van der Waals surface area (Å²) in [6.07, 6.45) is 0.476. The van der Waals surface area contributed by atoms with E-state index >= 15 is 0 Å². The number of carbonyl (C=O) groups is 2. The van der Waals surface area contributed by atoms with Crippen molar-refractivity contribution in [3.63, 3.8) is 0 Å². The van der Waals surface area contributed by atoms with Crippen LogP contribution in [0.5, 0.6) is 0 Å². The number of hydrazine groups is 1. The quantitative estimate of drug-likeness (QED) is 0.273. The number of benzene rings is 2. The molecular weight excluding hydrogens is 515 g/mol. The van der Waals surface area contributed by atoms with Crippen LogP contribution in [0.3, 0.4) is 0 Å². The van der Waals surface area contributed by atoms with Crippen LogP contribution in [0.25, 0.3) is 0 Å². The Morgan fingerprint density at radius 2 is 1.72 bits per heavy atom. The first-order valence-electron chi connectivity index (χ1n) is 13.6. The lowest BCUT2D eigenvalue weighted by molar-refractivity contribution is 0.0953. The summed E-state index contributed by atoms with van der Waals surface area (Å²) in [7, 11) is 0. The summed E-state index contributed by atoms with van der Waals surface area (Å²) in [6, 6.07) is 12.3. The number of hydrogen-bond acceptors (Lipinski definition) is 6. The van der Waals surface area contributed by atoms with E-state index in [1.165, 1.54) is 11.6 Å². The van der Waals surface area contributed by atoms with E-state index in [4.69, 9.17) is 5.84 Å². The number of thioether (sulfide) groups is 1. The van der Waals surface area contributed by atoms with E-state index in [1.54, 1.807) is 28.8 Å². The van der Waals surface area contributed by atoms with Crippen LogP contribution in [0, 0.1) is 11.2 Å². The number of anilines is 1. The molecule has 10 heteroatoms. The van der Waals surface area contributed by atoms with Gasteiger partial charge in [-0.05, 0) is 47.2 Å². The van der Waals surface area contributed by atoms with Crippen LogP contribution in [0.4, 0.5) is 14.9 Å². The lowest BCUT2D eigenvalue weighted by Gasteiger charge is -2.37. The molecule has 2 aliphatic heterocycles. The van der Waals surface area contributed by atoms with Crippen LogP contribution in [0.1, 0.15) is 42.3 Å². The second kappa shape index (κ2) is 13.1. The van der Waals surface area contributed by atoms with Gasteiger partial charge < -0.3 is 15.1 Å². The number of nitrogen functional groups attached to an aromatic ring is 1. The van der Waals surface area contributed by atoms with Gasteiger partial charge in [0.05, 0.1) is 0 Å². The van der Waals surface area contributed by atoms with Gasteiger partial charge in [0.1, 0.15) is 5.82 Å². The minimum atomic E-state index is -0.530. The largest absolute Gasteiger partial charge is 0.323 e. The lowest BCUT2D eigenvalue weighted by atomic mass is 9.96. The Bertz CT molecular complexity index is 1130. The number of hydrogen-bond donors (Lipinski definition) is 3. The van der Waals surface area contributed by atoms with E-state index < -0.39 is 11.7 Å². The Hall–Kier alpha value is -2.66. The van der Waals surface area contributed by atoms with Crippen LogP contribution in [0.2, 0.25) is 0 Å². The summed E-state index contributed by atoms with van der Waals surface area (Å²) in [4.78, 5) is 31.4. The predicted molar refractivity (Wildman–Crippen MR) is 156 cm³/mol. The molecule has 2 heterocycles. The van der Waals surface area contributed by atoms with Gasteiger partial charge in [-0.2, -0.15) is 11.8 Å². The molecule has 0 saturated carbocycles. The van der Waals surface area contributed by atoms with Crippen molar-refractivity contribution >= 4 is 29.4 Å². The number of piperazine rings is 1. The van der Waals surface area contributed by atoms with Crippen molar-refractivity contribution in [3.8, 4) is 0 Å². The molecule has 2 aromatic rings. The van der Waals surface area contributed by atoms with E-state index in [-0.39, 0.29) is 16.8 Å². The molecule has 212 valence electrons. The Balaban J connectivity index is 1.24. The maximum absolute atomic E-state index is 14.6. The van der Waals surface area contributed by atoms with Gasteiger partial charge in [-0.15, -0.1) is 0 Å². The lowest BCUT2D eigenvalue weighted by Crippen LogP contribution is -2.48. The maximum atomic E-state index is 14.6. The van der Waals surface area contributed by atoms with Gasteiger partial charge in [0.2, 0.25) is 0 Å². The van der Waals surface area contributed by atoms with Crippen molar-refractivity contribution in [2.75, 3.05) is 56.9 Å². The van der Waals surface area contributed by atoms with E-state index in [2.05, 4.69) is 48.0 Å². The first-order chi connectivity index (χ1) is 18.6. The normalized spacial score (nSPS) is 19.1. The van der Waals surface area contributed by atoms with Crippen molar-refractivity contribution in [2.24, 2.45) is 11.3 Å². The third-order valence-electron chi connectivity index (χ3n) is 7.09. The summed E-state index contributed by atoms with van der Waals surface area (Å²) < 4.78 is 14.6. The zero-order valence-electron chi connectivity index (χ0n) is 23.2. The molecule has 4 N–H and O–H groups in total. The van der Waals surface area contributed by atoms with E-state index in [1.807, 2.05) is 17.6 Å². The summed E-state index contributed by atoms with van der Waals surface area (Å²) in [6.45, 7) is 14.4. The van der Waals surface area contributed by atoms with Crippen molar-refractivity contribution in [2.45, 2.75) is 39.0 Å². The highest BCUT2D eigenvalue weighted by molar-refractivity contribution is 8.00. The minimum absolute atomic E-state index is 0.0689. The molecule has 8 nitrogen and oxygen atoms in total. The van der Waals surface area contributed by atoms with Crippen LogP contribution < -0.4 is 16.6 Å². The van der Waals surface area contributed by atoms with Crippen molar-refractivity contribution in [1.82, 2.24) is 20.1 Å².